The van der Waals surface area contributed by atoms with Crippen LogP contribution in [0.1, 0.15) is 42.8 Å². The van der Waals surface area contributed by atoms with Gasteiger partial charge in [-0.05, 0) is 36.1 Å². The molecule has 0 spiro atoms. The van der Waals surface area contributed by atoms with E-state index in [2.05, 4.69) is 57.1 Å². The Hall–Kier alpha value is -3.94. The van der Waals surface area contributed by atoms with Crippen LogP contribution in [0.4, 0.5) is 5.69 Å². The van der Waals surface area contributed by atoms with Gasteiger partial charge in [-0.2, -0.15) is 5.21 Å². The van der Waals surface area contributed by atoms with E-state index in [0.29, 0.717) is 23.0 Å². The van der Waals surface area contributed by atoms with Crippen LogP contribution in [-0.2, 0) is 11.2 Å². The Kier molecular flexibility index (Phi) is 6.91. The molecule has 2 N–H and O–H groups in total. The normalized spacial score (nSPS) is 15.3. The fraction of sp³-hybridized carbons (Fsp3) is 0.250. The summed E-state index contributed by atoms with van der Waals surface area (Å²) < 4.78 is 11.7. The molecular weight excluding hydrogens is 406 g/mol. The smallest absolute Gasteiger partial charge is 0.248 e. The first-order valence-electron chi connectivity index (χ1n) is 10.6. The van der Waals surface area contributed by atoms with Gasteiger partial charge >= 0.3 is 0 Å². The number of fused-ring (bicyclic) bond motifs is 1. The molecule has 0 saturated heterocycles. The van der Waals surface area contributed by atoms with Crippen LogP contribution in [0.5, 0.6) is 11.5 Å². The molecule has 2 aromatic carbocycles. The second-order valence-corrected chi connectivity index (χ2v) is 7.37. The minimum Gasteiger partial charge on any atom is -0.485 e. The molecule has 8 nitrogen and oxygen atoms in total. The summed E-state index contributed by atoms with van der Waals surface area (Å²) in [5, 5.41) is 16.7. The highest BCUT2D eigenvalue weighted by Gasteiger charge is 2.28. The van der Waals surface area contributed by atoms with Crippen molar-refractivity contribution in [3.63, 3.8) is 0 Å². The molecule has 2 heterocycles. The topological polar surface area (TPSA) is 102 Å². The summed E-state index contributed by atoms with van der Waals surface area (Å²) >= 11 is 0. The van der Waals surface area contributed by atoms with Crippen molar-refractivity contribution in [3.8, 4) is 11.5 Å². The van der Waals surface area contributed by atoms with Gasteiger partial charge in [0.2, 0.25) is 11.7 Å². The van der Waals surface area contributed by atoms with E-state index in [1.54, 1.807) is 24.3 Å². The molecule has 0 saturated carbocycles. The molecule has 0 radical (unpaired) electrons. The number of carbonyl (C=O) groups excluding carboxylic acids is 1. The molecule has 1 aliphatic heterocycles. The Labute approximate surface area is 186 Å². The van der Waals surface area contributed by atoms with E-state index in [4.69, 9.17) is 9.47 Å². The zero-order valence-corrected chi connectivity index (χ0v) is 17.8. The number of hydrogen-bond donors (Lipinski definition) is 2. The van der Waals surface area contributed by atoms with Crippen LogP contribution in [0.15, 0.2) is 60.7 Å². The standard InChI is InChI=1S/C24H25N5O3/c1-2-3-7-17-12-14-18(15-13-17)8-4-5-11-22(30)25-19-9-6-10-20-23(19)32-21(16-31-20)24-26-28-29-27-24/h4-6,8-15,21H,2-3,7,16H2,1H3,(H,25,30)(H,26,27,28,29). The number of nitrogens with zero attached hydrogens (tertiary/aromatic N) is 3. The van der Waals surface area contributed by atoms with E-state index >= 15 is 0 Å². The average Bonchev–Trinajstić information content (AvgIpc) is 3.36. The third-order valence-electron chi connectivity index (χ3n) is 4.98. The Bertz CT molecular complexity index is 1090. The minimum atomic E-state index is -0.508. The van der Waals surface area contributed by atoms with Crippen LogP contribution in [0.25, 0.3) is 6.08 Å². The number of unbranched alkanes of at least 4 members (excludes halogenated alkanes) is 1. The summed E-state index contributed by atoms with van der Waals surface area (Å²) in [6, 6.07) is 13.8. The lowest BCUT2D eigenvalue weighted by atomic mass is 10.1. The average molecular weight is 431 g/mol. The number of ether oxygens (including phenoxy) is 2. The lowest BCUT2D eigenvalue weighted by Gasteiger charge is -2.26. The molecule has 1 amide bonds. The number of aromatic amines is 1. The number of aryl methyl sites for hydroxylation is 1. The highest BCUT2D eigenvalue weighted by molar-refractivity contribution is 6.00. The number of nitrogens with one attached hydrogen (secondary N) is 2. The van der Waals surface area contributed by atoms with Gasteiger partial charge in [-0.15, -0.1) is 10.2 Å². The highest BCUT2D eigenvalue weighted by atomic mass is 16.6. The first-order valence-corrected chi connectivity index (χ1v) is 10.6. The first kappa shape index (κ1) is 21.3. The molecule has 1 atom stereocenters. The first-order chi connectivity index (χ1) is 15.7. The molecule has 3 aromatic rings. The van der Waals surface area contributed by atoms with Gasteiger partial charge in [0.15, 0.2) is 17.6 Å². The van der Waals surface area contributed by atoms with E-state index in [-0.39, 0.29) is 12.5 Å². The summed E-state index contributed by atoms with van der Waals surface area (Å²) in [4.78, 5) is 12.4. The van der Waals surface area contributed by atoms with Crippen molar-refractivity contribution in [1.82, 2.24) is 20.6 Å². The number of amides is 1. The molecular formula is C24H25N5O3. The number of H-pyrrole nitrogens is 1. The minimum absolute atomic E-state index is 0.258. The van der Waals surface area contributed by atoms with E-state index in [1.165, 1.54) is 24.5 Å². The fourth-order valence-electron chi connectivity index (χ4n) is 3.28. The molecule has 0 aliphatic carbocycles. The van der Waals surface area contributed by atoms with Crippen molar-refractivity contribution in [2.45, 2.75) is 32.3 Å². The molecule has 1 aliphatic rings. The second-order valence-electron chi connectivity index (χ2n) is 7.37. The maximum Gasteiger partial charge on any atom is 0.248 e. The SMILES string of the molecule is CCCCc1ccc(C=CC=CC(=O)Nc2cccc3c2OC(c2nn[nH]n2)CO3)cc1. The number of hydrogen-bond acceptors (Lipinski definition) is 6. The van der Waals surface area contributed by atoms with E-state index < -0.39 is 6.10 Å². The van der Waals surface area contributed by atoms with E-state index in [1.807, 2.05) is 12.2 Å². The lowest BCUT2D eigenvalue weighted by molar-refractivity contribution is -0.111. The fourth-order valence-corrected chi connectivity index (χ4v) is 3.28. The van der Waals surface area contributed by atoms with E-state index in [0.717, 1.165) is 12.0 Å². The summed E-state index contributed by atoms with van der Waals surface area (Å²) in [5.41, 5.74) is 2.94. The van der Waals surface area contributed by atoms with Gasteiger partial charge in [-0.1, -0.05) is 67.1 Å². The second kappa shape index (κ2) is 10.4. The largest absolute Gasteiger partial charge is 0.485 e. The predicted octanol–water partition coefficient (Wildman–Crippen LogP) is 4.26. The van der Waals surface area contributed by atoms with Gasteiger partial charge in [-0.25, -0.2) is 0 Å². The molecule has 164 valence electrons. The summed E-state index contributed by atoms with van der Waals surface area (Å²) in [5.74, 6) is 1.10. The summed E-state index contributed by atoms with van der Waals surface area (Å²) in [6.45, 7) is 2.45. The van der Waals surface area contributed by atoms with Crippen LogP contribution >= 0.6 is 0 Å². The molecule has 8 heteroatoms. The third-order valence-corrected chi connectivity index (χ3v) is 4.98. The zero-order chi connectivity index (χ0) is 22.2. The van der Waals surface area contributed by atoms with Gasteiger partial charge < -0.3 is 14.8 Å². The Balaban J connectivity index is 1.35. The summed E-state index contributed by atoms with van der Waals surface area (Å²) in [7, 11) is 0. The number of tetrazole rings is 1. The molecule has 4 rings (SSSR count). The number of aromatic nitrogens is 4. The predicted molar refractivity (Wildman–Crippen MR) is 121 cm³/mol. The van der Waals surface area contributed by atoms with Crippen LogP contribution in [0.2, 0.25) is 0 Å². The quantitative estimate of drug-likeness (QED) is 0.408. The van der Waals surface area contributed by atoms with Crippen LogP contribution in [-0.4, -0.2) is 33.1 Å². The van der Waals surface area contributed by atoms with Crippen LogP contribution in [0.3, 0.4) is 0 Å². The number of benzene rings is 2. The molecule has 0 fully saturated rings. The zero-order valence-electron chi connectivity index (χ0n) is 17.8. The van der Waals surface area contributed by atoms with E-state index in [9.17, 15) is 4.79 Å². The number of allylic oxidation sites excluding steroid dienone is 2. The summed E-state index contributed by atoms with van der Waals surface area (Å²) in [6.07, 6.45) is 9.96. The number of rotatable bonds is 8. The molecule has 1 unspecified atom stereocenters. The van der Waals surface area contributed by atoms with Crippen molar-refractivity contribution in [2.75, 3.05) is 11.9 Å². The molecule has 32 heavy (non-hydrogen) atoms. The number of para-hydroxylation sites is 1. The van der Waals surface area contributed by atoms with Crippen molar-refractivity contribution in [2.24, 2.45) is 0 Å². The number of carbonyl (C=O) groups is 1. The maximum atomic E-state index is 12.4. The Morgan fingerprint density at radius 2 is 2.09 bits per heavy atom. The van der Waals surface area contributed by atoms with Gasteiger partial charge in [0.05, 0.1) is 5.69 Å². The monoisotopic (exact) mass is 431 g/mol. The lowest BCUT2D eigenvalue weighted by Crippen LogP contribution is -2.24. The van der Waals surface area contributed by atoms with Crippen molar-refractivity contribution in [1.29, 1.82) is 0 Å². The van der Waals surface area contributed by atoms with Crippen LogP contribution in [0, 0.1) is 0 Å². The highest BCUT2D eigenvalue weighted by Crippen LogP contribution is 2.41. The van der Waals surface area contributed by atoms with Gasteiger partial charge in [0, 0.05) is 6.08 Å². The molecule has 0 bridgehead atoms. The van der Waals surface area contributed by atoms with Gasteiger partial charge in [0.1, 0.15) is 6.61 Å². The van der Waals surface area contributed by atoms with Crippen molar-refractivity contribution < 1.29 is 14.3 Å². The third kappa shape index (κ3) is 5.40. The Morgan fingerprint density at radius 1 is 1.22 bits per heavy atom. The maximum absolute atomic E-state index is 12.4. The van der Waals surface area contributed by atoms with Gasteiger partial charge in [-0.3, -0.25) is 4.79 Å². The van der Waals surface area contributed by atoms with Crippen molar-refractivity contribution in [3.05, 3.63) is 77.6 Å². The number of anilines is 1. The molecule has 1 aromatic heterocycles. The van der Waals surface area contributed by atoms with Gasteiger partial charge in [0.25, 0.3) is 0 Å². The van der Waals surface area contributed by atoms with Crippen LogP contribution < -0.4 is 14.8 Å². The Morgan fingerprint density at radius 3 is 2.88 bits per heavy atom. The van der Waals surface area contributed by atoms with Crippen molar-refractivity contribution >= 4 is 17.7 Å².